The second-order valence-electron chi connectivity index (χ2n) is 10.6. The van der Waals surface area contributed by atoms with Crippen molar-refractivity contribution in [3.8, 4) is 0 Å². The van der Waals surface area contributed by atoms with Crippen molar-refractivity contribution in [3.63, 3.8) is 0 Å². The third-order valence-corrected chi connectivity index (χ3v) is 13.7. The Labute approximate surface area is 190 Å². The van der Waals surface area contributed by atoms with E-state index < -0.39 is 30.2 Å². The van der Waals surface area contributed by atoms with E-state index in [9.17, 15) is 16.8 Å². The van der Waals surface area contributed by atoms with Gasteiger partial charge in [-0.2, -0.15) is 0 Å². The van der Waals surface area contributed by atoms with Gasteiger partial charge in [0.2, 0.25) is 0 Å². The van der Waals surface area contributed by atoms with E-state index in [1.165, 1.54) is 11.1 Å². The Morgan fingerprint density at radius 3 is 1.72 bits per heavy atom. The van der Waals surface area contributed by atoms with E-state index in [0.29, 0.717) is 18.3 Å². The van der Waals surface area contributed by atoms with E-state index in [0.717, 1.165) is 12.8 Å². The van der Waals surface area contributed by atoms with Crippen LogP contribution in [0.5, 0.6) is 0 Å². The van der Waals surface area contributed by atoms with Gasteiger partial charge in [-0.3, -0.25) is 0 Å². The van der Waals surface area contributed by atoms with Crippen molar-refractivity contribution < 1.29 is 16.8 Å². The van der Waals surface area contributed by atoms with Gasteiger partial charge < -0.3 is 0 Å². The molecule has 0 saturated heterocycles. The summed E-state index contributed by atoms with van der Waals surface area (Å²) in [6.45, 7) is 4.58. The zero-order chi connectivity index (χ0) is 22.5. The lowest BCUT2D eigenvalue weighted by Gasteiger charge is -2.59. The highest BCUT2D eigenvalue weighted by molar-refractivity contribution is 7.96. The first-order valence-corrected chi connectivity index (χ1v) is 14.5. The van der Waals surface area contributed by atoms with Crippen molar-refractivity contribution in [2.24, 2.45) is 29.1 Å². The minimum absolute atomic E-state index is 0.179. The number of benzene rings is 2. The highest BCUT2D eigenvalue weighted by Crippen LogP contribution is 2.70. The van der Waals surface area contributed by atoms with Gasteiger partial charge in [-0.05, 0) is 72.6 Å². The predicted octanol–water partition coefficient (Wildman–Crippen LogP) is 4.68. The van der Waals surface area contributed by atoms with Gasteiger partial charge in [0.15, 0.2) is 19.7 Å². The third kappa shape index (κ3) is 2.54. The summed E-state index contributed by atoms with van der Waals surface area (Å²) < 4.78 is 55.8. The Balaban J connectivity index is 1.54. The summed E-state index contributed by atoms with van der Waals surface area (Å²) >= 11 is 0. The van der Waals surface area contributed by atoms with Crippen LogP contribution in [0.25, 0.3) is 0 Å². The molecule has 0 radical (unpaired) electrons. The number of hydrogen-bond donors (Lipinski definition) is 0. The zero-order valence-corrected chi connectivity index (χ0v) is 19.9. The third-order valence-electron chi connectivity index (χ3n) is 9.02. The van der Waals surface area contributed by atoms with Gasteiger partial charge in [0, 0.05) is 0 Å². The number of fused-ring (bicyclic) bond motifs is 2. The Bertz CT molecular complexity index is 1320. The molecule has 6 heteroatoms. The van der Waals surface area contributed by atoms with Crippen LogP contribution < -0.4 is 0 Å². The smallest absolute Gasteiger partial charge is 0.183 e. The SMILES string of the molecule is CC1(C)C2CC3=C(C4CC3C(S(=O)(=O)c3ccccc3)C4S(=O)(=O)c3ccccc3)C1C2. The highest BCUT2D eigenvalue weighted by atomic mass is 32.2. The summed E-state index contributed by atoms with van der Waals surface area (Å²) in [6.07, 6.45) is 2.69. The minimum atomic E-state index is -3.82. The van der Waals surface area contributed by atoms with Gasteiger partial charge in [0.25, 0.3) is 0 Å². The van der Waals surface area contributed by atoms with Crippen LogP contribution in [-0.2, 0) is 19.7 Å². The molecule has 0 spiro atoms. The molecule has 6 unspecified atom stereocenters. The molecule has 0 aliphatic heterocycles. The zero-order valence-electron chi connectivity index (χ0n) is 18.3. The van der Waals surface area contributed by atoms with Crippen LogP contribution in [0.2, 0.25) is 0 Å². The normalized spacial score (nSPS) is 34.8. The lowest BCUT2D eigenvalue weighted by molar-refractivity contribution is -0.0165. The highest BCUT2D eigenvalue weighted by Gasteiger charge is 2.67. The topological polar surface area (TPSA) is 68.3 Å². The van der Waals surface area contributed by atoms with E-state index in [1.807, 2.05) is 0 Å². The van der Waals surface area contributed by atoms with Crippen molar-refractivity contribution in [1.82, 2.24) is 0 Å². The van der Waals surface area contributed by atoms with Crippen LogP contribution in [0.1, 0.15) is 33.1 Å². The van der Waals surface area contributed by atoms with Gasteiger partial charge in [0.1, 0.15) is 0 Å². The average Bonchev–Trinajstić information content (AvgIpc) is 3.38. The second kappa shape index (κ2) is 6.57. The monoisotopic (exact) mass is 468 g/mol. The summed E-state index contributed by atoms with van der Waals surface area (Å²) in [7, 11) is -7.62. The standard InChI is InChI=1S/C26H28O4S2/c1-26(2)16-13-19-20-15-21(23(19)22(26)14-16)25(32(29,30)18-11-7-4-8-12-18)24(20)31(27,28)17-9-5-3-6-10-17/h3-12,16,20-22,24-25H,13-15H2,1-2H3. The van der Waals surface area contributed by atoms with Gasteiger partial charge >= 0.3 is 0 Å². The van der Waals surface area contributed by atoms with E-state index in [4.69, 9.17) is 0 Å². The molecule has 5 aliphatic carbocycles. The predicted molar refractivity (Wildman–Crippen MR) is 123 cm³/mol. The van der Waals surface area contributed by atoms with Crippen molar-refractivity contribution >= 4 is 19.7 Å². The second-order valence-corrected chi connectivity index (χ2v) is 14.8. The van der Waals surface area contributed by atoms with E-state index >= 15 is 0 Å². The Morgan fingerprint density at radius 1 is 0.719 bits per heavy atom. The molecule has 0 N–H and O–H groups in total. The molecule has 32 heavy (non-hydrogen) atoms. The molecule has 2 aromatic rings. The van der Waals surface area contributed by atoms with Crippen LogP contribution in [-0.4, -0.2) is 27.3 Å². The molecule has 0 heterocycles. The van der Waals surface area contributed by atoms with Gasteiger partial charge in [-0.1, -0.05) is 61.4 Å². The fourth-order valence-electron chi connectivity index (χ4n) is 7.32. The summed E-state index contributed by atoms with van der Waals surface area (Å²) in [6, 6.07) is 16.8. The Hall–Kier alpha value is -1.92. The Morgan fingerprint density at radius 2 is 1.22 bits per heavy atom. The van der Waals surface area contributed by atoms with E-state index in [2.05, 4.69) is 13.8 Å². The fourth-order valence-corrected chi connectivity index (χ4v) is 12.4. The molecular weight excluding hydrogens is 440 g/mol. The first-order chi connectivity index (χ1) is 15.1. The fraction of sp³-hybridized carbons (Fsp3) is 0.462. The number of hydrogen-bond acceptors (Lipinski definition) is 4. The van der Waals surface area contributed by atoms with E-state index in [1.54, 1.807) is 60.7 Å². The first kappa shape index (κ1) is 20.7. The lowest BCUT2D eigenvalue weighted by Crippen LogP contribution is -2.54. The van der Waals surface area contributed by atoms with Gasteiger partial charge in [-0.25, -0.2) is 16.8 Å². The number of allylic oxidation sites excluding steroid dienone is 2. The Kier molecular flexibility index (Phi) is 4.24. The molecule has 4 nitrogen and oxygen atoms in total. The van der Waals surface area contributed by atoms with Crippen LogP contribution in [0, 0.1) is 29.1 Å². The summed E-state index contributed by atoms with van der Waals surface area (Å²) in [5.41, 5.74) is 2.75. The molecule has 5 aliphatic rings. The van der Waals surface area contributed by atoms with Crippen LogP contribution in [0.15, 0.2) is 81.6 Å². The molecule has 2 fully saturated rings. The summed E-state index contributed by atoms with van der Waals surface area (Å²) in [4.78, 5) is 0.462. The van der Waals surface area contributed by atoms with Crippen molar-refractivity contribution in [3.05, 3.63) is 71.8 Å². The molecule has 7 rings (SSSR count). The van der Waals surface area contributed by atoms with Gasteiger partial charge in [-0.15, -0.1) is 0 Å². The molecule has 168 valence electrons. The first-order valence-electron chi connectivity index (χ1n) is 11.5. The van der Waals surface area contributed by atoms with Crippen molar-refractivity contribution in [1.29, 1.82) is 0 Å². The molecular formula is C26H28O4S2. The van der Waals surface area contributed by atoms with Crippen LogP contribution in [0.3, 0.4) is 0 Å². The molecule has 2 saturated carbocycles. The lowest BCUT2D eigenvalue weighted by atomic mass is 9.46. The largest absolute Gasteiger partial charge is 0.223 e. The maximum atomic E-state index is 14.0. The number of sulfone groups is 2. The molecule has 0 aromatic heterocycles. The minimum Gasteiger partial charge on any atom is -0.223 e. The summed E-state index contributed by atoms with van der Waals surface area (Å²) in [5.74, 6) is 0.578. The van der Waals surface area contributed by atoms with Crippen molar-refractivity contribution in [2.75, 3.05) is 0 Å². The average molecular weight is 469 g/mol. The van der Waals surface area contributed by atoms with Crippen LogP contribution >= 0.6 is 0 Å². The molecule has 2 aromatic carbocycles. The molecule has 4 bridgehead atoms. The van der Waals surface area contributed by atoms with Gasteiger partial charge in [0.05, 0.1) is 20.3 Å². The van der Waals surface area contributed by atoms with Crippen molar-refractivity contribution in [2.45, 2.75) is 53.4 Å². The number of rotatable bonds is 4. The van der Waals surface area contributed by atoms with Crippen LogP contribution in [0.4, 0.5) is 0 Å². The molecule has 0 amide bonds. The summed E-state index contributed by atoms with van der Waals surface area (Å²) in [5, 5.41) is -1.84. The van der Waals surface area contributed by atoms with E-state index in [-0.39, 0.29) is 27.0 Å². The maximum absolute atomic E-state index is 14.0. The quantitative estimate of drug-likeness (QED) is 0.611. The molecule has 6 atom stereocenters. The maximum Gasteiger partial charge on any atom is 0.183 e.